The van der Waals surface area contributed by atoms with Gasteiger partial charge in [-0.25, -0.2) is 0 Å². The van der Waals surface area contributed by atoms with Crippen molar-refractivity contribution in [2.24, 2.45) is 5.92 Å². The number of rotatable bonds is 9. The van der Waals surface area contributed by atoms with E-state index >= 15 is 0 Å². The molecule has 1 fully saturated rings. The van der Waals surface area contributed by atoms with Crippen LogP contribution in [0.1, 0.15) is 45.1 Å². The Morgan fingerprint density at radius 2 is 1.81 bits per heavy atom. The number of methoxy groups -OCH3 is 2. The average Bonchev–Trinajstić information content (AvgIpc) is 2.65. The Kier molecular flexibility index (Phi) is 8.23. The van der Waals surface area contributed by atoms with Crippen molar-refractivity contribution in [3.05, 3.63) is 23.8 Å². The second-order valence-corrected chi connectivity index (χ2v) is 7.55. The van der Waals surface area contributed by atoms with E-state index < -0.39 is 0 Å². The number of nitrogens with one attached hydrogen (secondary N) is 1. The predicted molar refractivity (Wildman–Crippen MR) is 105 cm³/mol. The maximum Gasteiger partial charge on any atom is 0.224 e. The molecule has 1 aliphatic heterocycles. The third-order valence-corrected chi connectivity index (χ3v) is 5.00. The molecule has 26 heavy (non-hydrogen) atoms. The maximum absolute atomic E-state index is 12.4. The van der Waals surface area contributed by atoms with E-state index in [1.165, 1.54) is 19.3 Å². The first-order valence-corrected chi connectivity index (χ1v) is 9.75. The number of hydrogen-bond acceptors (Lipinski definition) is 4. The van der Waals surface area contributed by atoms with Crippen LogP contribution in [0.4, 0.5) is 0 Å². The third-order valence-electron chi connectivity index (χ3n) is 5.00. The minimum absolute atomic E-state index is 0.0583. The lowest BCUT2D eigenvalue weighted by atomic mass is 9.99. The number of amides is 1. The van der Waals surface area contributed by atoms with Crippen LogP contribution in [0.15, 0.2) is 18.2 Å². The smallest absolute Gasteiger partial charge is 0.224 e. The summed E-state index contributed by atoms with van der Waals surface area (Å²) in [6.45, 7) is 7.54. The minimum atomic E-state index is 0.0583. The first-order valence-electron chi connectivity index (χ1n) is 9.75. The van der Waals surface area contributed by atoms with Gasteiger partial charge in [0.2, 0.25) is 5.91 Å². The number of likely N-dealkylation sites (tertiary alicyclic amines) is 1. The fourth-order valence-corrected chi connectivity index (χ4v) is 3.66. The Labute approximate surface area is 158 Å². The summed E-state index contributed by atoms with van der Waals surface area (Å²) >= 11 is 0. The molecule has 146 valence electrons. The van der Waals surface area contributed by atoms with Gasteiger partial charge in [-0.2, -0.15) is 0 Å². The summed E-state index contributed by atoms with van der Waals surface area (Å²) in [7, 11) is 3.22. The summed E-state index contributed by atoms with van der Waals surface area (Å²) < 4.78 is 10.6. The van der Waals surface area contributed by atoms with Crippen LogP contribution in [0.2, 0.25) is 0 Å². The van der Waals surface area contributed by atoms with Gasteiger partial charge in [0, 0.05) is 12.6 Å². The van der Waals surface area contributed by atoms with Crippen LogP contribution in [0.5, 0.6) is 11.5 Å². The number of hydrogen-bond donors (Lipinski definition) is 1. The van der Waals surface area contributed by atoms with E-state index in [4.69, 9.17) is 9.47 Å². The van der Waals surface area contributed by atoms with E-state index in [1.54, 1.807) is 14.2 Å². The molecule has 1 amide bonds. The number of nitrogens with zero attached hydrogens (tertiary/aromatic N) is 1. The Hall–Kier alpha value is -1.75. The number of carbonyl (C=O) groups is 1. The van der Waals surface area contributed by atoms with Crippen LogP contribution >= 0.6 is 0 Å². The predicted octanol–water partition coefficient (Wildman–Crippen LogP) is 3.26. The molecule has 0 bridgehead atoms. The minimum Gasteiger partial charge on any atom is -0.493 e. The Balaban J connectivity index is 1.90. The highest BCUT2D eigenvalue weighted by Gasteiger charge is 2.22. The molecular weight excluding hydrogens is 328 g/mol. The Morgan fingerprint density at radius 3 is 2.42 bits per heavy atom. The lowest BCUT2D eigenvalue weighted by Crippen LogP contribution is -2.47. The van der Waals surface area contributed by atoms with Gasteiger partial charge >= 0.3 is 0 Å². The van der Waals surface area contributed by atoms with Crippen LogP contribution in [0.25, 0.3) is 0 Å². The van der Waals surface area contributed by atoms with E-state index in [-0.39, 0.29) is 5.91 Å². The molecule has 1 aromatic carbocycles. The van der Waals surface area contributed by atoms with Gasteiger partial charge in [0.25, 0.3) is 0 Å². The maximum atomic E-state index is 12.4. The zero-order valence-corrected chi connectivity index (χ0v) is 16.7. The molecule has 0 aromatic heterocycles. The topological polar surface area (TPSA) is 50.8 Å². The summed E-state index contributed by atoms with van der Waals surface area (Å²) in [6.07, 6.45) is 5.35. The summed E-state index contributed by atoms with van der Waals surface area (Å²) in [5.74, 6) is 2.02. The second-order valence-electron chi connectivity index (χ2n) is 7.55. The largest absolute Gasteiger partial charge is 0.493 e. The van der Waals surface area contributed by atoms with Gasteiger partial charge in [-0.3, -0.25) is 9.69 Å². The van der Waals surface area contributed by atoms with Crippen LogP contribution in [-0.4, -0.2) is 50.7 Å². The third kappa shape index (κ3) is 6.20. The van der Waals surface area contributed by atoms with Crippen LogP contribution in [0, 0.1) is 5.92 Å². The van der Waals surface area contributed by atoms with E-state index in [0.29, 0.717) is 29.9 Å². The molecule has 0 aliphatic carbocycles. The van der Waals surface area contributed by atoms with Crippen molar-refractivity contribution in [2.75, 3.05) is 33.9 Å². The lowest BCUT2D eigenvalue weighted by Gasteiger charge is -2.35. The van der Waals surface area contributed by atoms with E-state index in [9.17, 15) is 4.79 Å². The first-order chi connectivity index (χ1) is 12.5. The van der Waals surface area contributed by atoms with Crippen molar-refractivity contribution in [1.29, 1.82) is 0 Å². The Bertz CT molecular complexity index is 568. The Morgan fingerprint density at radius 1 is 1.12 bits per heavy atom. The molecule has 1 unspecified atom stereocenters. The molecule has 2 rings (SSSR count). The summed E-state index contributed by atoms with van der Waals surface area (Å²) in [5.41, 5.74) is 0.929. The molecule has 0 spiro atoms. The fraction of sp³-hybridized carbons (Fsp3) is 0.667. The zero-order valence-electron chi connectivity index (χ0n) is 16.7. The van der Waals surface area contributed by atoms with Gasteiger partial charge in [-0.15, -0.1) is 0 Å². The van der Waals surface area contributed by atoms with E-state index in [2.05, 4.69) is 24.1 Å². The van der Waals surface area contributed by atoms with Crippen molar-refractivity contribution < 1.29 is 14.3 Å². The lowest BCUT2D eigenvalue weighted by molar-refractivity contribution is -0.120. The van der Waals surface area contributed by atoms with Gasteiger partial charge in [-0.05, 0) is 56.0 Å². The second kappa shape index (κ2) is 10.4. The molecule has 5 nitrogen and oxygen atoms in total. The quantitative estimate of drug-likeness (QED) is 0.733. The molecule has 1 saturated heterocycles. The van der Waals surface area contributed by atoms with Crippen molar-refractivity contribution >= 4 is 5.91 Å². The number of piperidine rings is 1. The van der Waals surface area contributed by atoms with Crippen LogP contribution in [0.3, 0.4) is 0 Å². The summed E-state index contributed by atoms with van der Waals surface area (Å²) in [5, 5.41) is 3.15. The van der Waals surface area contributed by atoms with Gasteiger partial charge in [0.1, 0.15) is 0 Å². The first kappa shape index (κ1) is 20.6. The average molecular weight is 363 g/mol. The number of benzene rings is 1. The fourth-order valence-electron chi connectivity index (χ4n) is 3.66. The molecule has 1 atom stereocenters. The normalized spacial score (nSPS) is 16.3. The van der Waals surface area contributed by atoms with Crippen molar-refractivity contribution in [3.8, 4) is 11.5 Å². The SMILES string of the molecule is COc1ccc(CC(=O)NCC(CC(C)C)N2CCCCC2)cc1OC. The molecular formula is C21H34N2O3. The summed E-state index contributed by atoms with van der Waals surface area (Å²) in [6, 6.07) is 6.06. The van der Waals surface area contributed by atoms with E-state index in [1.807, 2.05) is 18.2 Å². The standard InChI is InChI=1S/C21H34N2O3/c1-16(2)12-18(23-10-6-5-7-11-23)15-22-21(24)14-17-8-9-19(25-3)20(13-17)26-4/h8-9,13,16,18H,5-7,10-12,14-15H2,1-4H3,(H,22,24). The molecule has 1 aliphatic rings. The van der Waals surface area contributed by atoms with Gasteiger partial charge in [0.15, 0.2) is 11.5 Å². The molecule has 1 heterocycles. The van der Waals surface area contributed by atoms with Gasteiger partial charge in [-0.1, -0.05) is 26.3 Å². The molecule has 1 N–H and O–H groups in total. The van der Waals surface area contributed by atoms with E-state index in [0.717, 1.165) is 31.6 Å². The zero-order chi connectivity index (χ0) is 18.9. The molecule has 1 aromatic rings. The molecule has 5 heteroatoms. The highest BCUT2D eigenvalue weighted by atomic mass is 16.5. The van der Waals surface area contributed by atoms with Gasteiger partial charge in [0.05, 0.1) is 20.6 Å². The summed E-state index contributed by atoms with van der Waals surface area (Å²) in [4.78, 5) is 15.0. The molecule has 0 saturated carbocycles. The number of ether oxygens (including phenoxy) is 2. The van der Waals surface area contributed by atoms with Crippen LogP contribution < -0.4 is 14.8 Å². The van der Waals surface area contributed by atoms with Crippen molar-refractivity contribution in [1.82, 2.24) is 10.2 Å². The number of carbonyl (C=O) groups excluding carboxylic acids is 1. The van der Waals surface area contributed by atoms with Crippen molar-refractivity contribution in [2.45, 2.75) is 52.0 Å². The molecule has 0 radical (unpaired) electrons. The van der Waals surface area contributed by atoms with Gasteiger partial charge < -0.3 is 14.8 Å². The highest BCUT2D eigenvalue weighted by Crippen LogP contribution is 2.27. The highest BCUT2D eigenvalue weighted by molar-refractivity contribution is 5.78. The van der Waals surface area contributed by atoms with Crippen molar-refractivity contribution in [3.63, 3.8) is 0 Å². The van der Waals surface area contributed by atoms with Crippen LogP contribution in [-0.2, 0) is 11.2 Å². The monoisotopic (exact) mass is 362 g/mol.